The Hall–Kier alpha value is -2.85. The first-order valence-electron chi connectivity index (χ1n) is 9.35. The maximum atomic E-state index is 9.35. The molecule has 1 aliphatic heterocycles. The van der Waals surface area contributed by atoms with Gasteiger partial charge in [-0.05, 0) is 43.9 Å². The summed E-state index contributed by atoms with van der Waals surface area (Å²) in [6, 6.07) is 9.52. The Bertz CT molecular complexity index is 832. The van der Waals surface area contributed by atoms with Crippen molar-refractivity contribution in [2.75, 3.05) is 37.7 Å². The molecule has 2 aromatic rings. The number of nitrogen functional groups attached to an aromatic ring is 2. The molecule has 1 aliphatic rings. The van der Waals surface area contributed by atoms with Crippen LogP contribution in [0.15, 0.2) is 24.3 Å². The van der Waals surface area contributed by atoms with Crippen LogP contribution in [0.25, 0.3) is 11.3 Å². The number of rotatable bonds is 6. The van der Waals surface area contributed by atoms with E-state index in [2.05, 4.69) is 21.8 Å². The van der Waals surface area contributed by atoms with Gasteiger partial charge < -0.3 is 21.1 Å². The molecule has 7 nitrogen and oxygen atoms in total. The lowest BCUT2D eigenvalue weighted by atomic mass is 10.0. The number of nitriles is 1. The number of hydrogen-bond acceptors (Lipinski definition) is 7. The smallest absolute Gasteiger partial charge is 0.222 e. The zero-order chi connectivity index (χ0) is 19.2. The molecule has 0 amide bonds. The van der Waals surface area contributed by atoms with Crippen LogP contribution in [0.2, 0.25) is 0 Å². The molecule has 27 heavy (non-hydrogen) atoms. The molecule has 0 saturated carbocycles. The molecule has 0 bridgehead atoms. The molecule has 4 N–H and O–H groups in total. The van der Waals surface area contributed by atoms with Crippen molar-refractivity contribution in [1.82, 2.24) is 14.9 Å². The Morgan fingerprint density at radius 2 is 2.19 bits per heavy atom. The molecule has 142 valence electrons. The number of nitrogens with zero attached hydrogens (tertiary/aromatic N) is 4. The van der Waals surface area contributed by atoms with Crippen molar-refractivity contribution in [1.29, 1.82) is 5.26 Å². The van der Waals surface area contributed by atoms with Crippen molar-refractivity contribution in [2.45, 2.75) is 26.2 Å². The fourth-order valence-electron chi connectivity index (χ4n) is 3.52. The van der Waals surface area contributed by atoms with E-state index in [1.165, 1.54) is 25.9 Å². The van der Waals surface area contributed by atoms with E-state index < -0.39 is 0 Å². The second-order valence-corrected chi connectivity index (χ2v) is 7.08. The minimum Gasteiger partial charge on any atom is -0.494 e. The third-order valence-corrected chi connectivity index (χ3v) is 4.80. The van der Waals surface area contributed by atoms with E-state index in [0.717, 1.165) is 30.2 Å². The zero-order valence-corrected chi connectivity index (χ0v) is 15.7. The number of piperidine rings is 1. The lowest BCUT2D eigenvalue weighted by molar-refractivity contribution is 0.170. The van der Waals surface area contributed by atoms with Crippen LogP contribution >= 0.6 is 0 Å². The van der Waals surface area contributed by atoms with Gasteiger partial charge in [0, 0.05) is 18.7 Å². The van der Waals surface area contributed by atoms with Crippen molar-refractivity contribution in [2.24, 2.45) is 5.92 Å². The van der Waals surface area contributed by atoms with Crippen molar-refractivity contribution >= 4 is 11.8 Å². The summed E-state index contributed by atoms with van der Waals surface area (Å²) in [4.78, 5) is 10.5. The topological polar surface area (TPSA) is 114 Å². The first kappa shape index (κ1) is 18.9. The second kappa shape index (κ2) is 8.69. The van der Waals surface area contributed by atoms with E-state index >= 15 is 0 Å². The first-order valence-corrected chi connectivity index (χ1v) is 9.35. The third kappa shape index (κ3) is 4.86. The highest BCUT2D eigenvalue weighted by Gasteiger charge is 2.16. The molecule has 1 fully saturated rings. The van der Waals surface area contributed by atoms with Crippen LogP contribution in [0.3, 0.4) is 0 Å². The number of likely N-dealkylation sites (tertiary alicyclic amines) is 1. The summed E-state index contributed by atoms with van der Waals surface area (Å²) >= 11 is 0. The summed E-state index contributed by atoms with van der Waals surface area (Å²) in [5, 5.41) is 9.35. The molecule has 7 heteroatoms. The van der Waals surface area contributed by atoms with Gasteiger partial charge >= 0.3 is 0 Å². The lowest BCUT2D eigenvalue weighted by Crippen LogP contribution is -2.35. The summed E-state index contributed by atoms with van der Waals surface area (Å²) < 4.78 is 5.90. The van der Waals surface area contributed by atoms with Gasteiger partial charge in [-0.2, -0.15) is 10.2 Å². The monoisotopic (exact) mass is 366 g/mol. The molecule has 3 rings (SSSR count). The van der Waals surface area contributed by atoms with E-state index in [0.29, 0.717) is 12.3 Å². The van der Waals surface area contributed by atoms with Gasteiger partial charge in [-0.25, -0.2) is 4.98 Å². The van der Waals surface area contributed by atoms with Crippen LogP contribution in [0.5, 0.6) is 5.75 Å². The van der Waals surface area contributed by atoms with Crippen LogP contribution in [-0.4, -0.2) is 41.1 Å². The van der Waals surface area contributed by atoms with Gasteiger partial charge in [0.2, 0.25) is 5.95 Å². The van der Waals surface area contributed by atoms with E-state index in [9.17, 15) is 5.26 Å². The van der Waals surface area contributed by atoms with Crippen LogP contribution in [0, 0.1) is 17.2 Å². The molecule has 0 spiro atoms. The highest BCUT2D eigenvalue weighted by Crippen LogP contribution is 2.28. The van der Waals surface area contributed by atoms with Crippen molar-refractivity contribution in [3.63, 3.8) is 0 Å². The predicted molar refractivity (Wildman–Crippen MR) is 106 cm³/mol. The third-order valence-electron chi connectivity index (χ3n) is 4.80. The van der Waals surface area contributed by atoms with E-state index in [4.69, 9.17) is 16.2 Å². The van der Waals surface area contributed by atoms with Crippen LogP contribution in [0.1, 0.15) is 31.7 Å². The Labute approximate surface area is 160 Å². The largest absolute Gasteiger partial charge is 0.494 e. The molecule has 1 saturated heterocycles. The number of hydrogen-bond donors (Lipinski definition) is 2. The maximum absolute atomic E-state index is 9.35. The Kier molecular flexibility index (Phi) is 6.09. The minimum atomic E-state index is 0.0450. The highest BCUT2D eigenvalue weighted by atomic mass is 16.5. The van der Waals surface area contributed by atoms with Gasteiger partial charge in [0.05, 0.1) is 12.3 Å². The van der Waals surface area contributed by atoms with Gasteiger partial charge in [0.1, 0.15) is 23.2 Å². The van der Waals surface area contributed by atoms with E-state index in [-0.39, 0.29) is 17.3 Å². The normalized spacial score (nSPS) is 17.4. The Balaban J connectivity index is 1.62. The molecule has 1 atom stereocenters. The average Bonchev–Trinajstić information content (AvgIpc) is 2.65. The van der Waals surface area contributed by atoms with Gasteiger partial charge in [0.15, 0.2) is 0 Å². The molecule has 0 aliphatic carbocycles. The second-order valence-electron chi connectivity index (χ2n) is 7.08. The molecular formula is C20H26N6O. The predicted octanol–water partition coefficient (Wildman–Crippen LogP) is 2.68. The van der Waals surface area contributed by atoms with Gasteiger partial charge in [0.25, 0.3) is 0 Å². The number of ether oxygens (including phenoxy) is 1. The molecule has 1 aromatic heterocycles. The molecular weight excluding hydrogens is 340 g/mol. The molecule has 0 radical (unpaired) electrons. The van der Waals surface area contributed by atoms with E-state index in [1.54, 1.807) is 0 Å². The molecule has 2 heterocycles. The fourth-order valence-corrected chi connectivity index (χ4v) is 3.52. The Morgan fingerprint density at radius 1 is 1.33 bits per heavy atom. The number of nitrogens with two attached hydrogens (primary N) is 2. The van der Waals surface area contributed by atoms with E-state index in [1.807, 2.05) is 30.3 Å². The average molecular weight is 366 g/mol. The molecule has 1 aromatic carbocycles. The highest BCUT2D eigenvalue weighted by molar-refractivity contribution is 5.73. The lowest BCUT2D eigenvalue weighted by Gasteiger charge is -2.30. The maximum Gasteiger partial charge on any atom is 0.222 e. The van der Waals surface area contributed by atoms with Crippen LogP contribution in [0.4, 0.5) is 11.8 Å². The summed E-state index contributed by atoms with van der Waals surface area (Å²) in [7, 11) is 0. The van der Waals surface area contributed by atoms with Crippen LogP contribution < -0.4 is 16.2 Å². The van der Waals surface area contributed by atoms with Crippen molar-refractivity contribution in [3.8, 4) is 23.1 Å². The summed E-state index contributed by atoms with van der Waals surface area (Å²) in [5.74, 6) is 1.66. The summed E-state index contributed by atoms with van der Waals surface area (Å²) in [6.07, 6.45) is 3.60. The number of benzene rings is 1. The standard InChI is InChI=1S/C20H26N6O/c1-14-5-3-8-26(13-14)9-4-10-27-16-7-2-6-15(11-16)18-17(12-21)19(22)25-20(23)24-18/h2,6-7,11,14H,3-5,8-10,13H2,1H3,(H4,22,23,24,25). The SMILES string of the molecule is CC1CCCN(CCCOc2cccc(-c3nc(N)nc(N)c3C#N)c2)C1. The number of anilines is 2. The quantitative estimate of drug-likeness (QED) is 0.755. The van der Waals surface area contributed by atoms with Crippen molar-refractivity contribution < 1.29 is 4.74 Å². The fraction of sp³-hybridized carbons (Fsp3) is 0.450. The minimum absolute atomic E-state index is 0.0450. The Morgan fingerprint density at radius 3 is 2.96 bits per heavy atom. The van der Waals surface area contributed by atoms with Crippen LogP contribution in [-0.2, 0) is 0 Å². The molecule has 1 unspecified atom stereocenters. The first-order chi connectivity index (χ1) is 13.1. The summed E-state index contributed by atoms with van der Waals surface area (Å²) in [5.41, 5.74) is 12.9. The summed E-state index contributed by atoms with van der Waals surface area (Å²) in [6.45, 7) is 6.39. The van der Waals surface area contributed by atoms with Gasteiger partial charge in [-0.1, -0.05) is 19.1 Å². The van der Waals surface area contributed by atoms with Gasteiger partial charge in [-0.15, -0.1) is 0 Å². The van der Waals surface area contributed by atoms with Crippen molar-refractivity contribution in [3.05, 3.63) is 29.8 Å². The van der Waals surface area contributed by atoms with Gasteiger partial charge in [-0.3, -0.25) is 0 Å². The zero-order valence-electron chi connectivity index (χ0n) is 15.7. The number of aromatic nitrogens is 2.